The second-order valence-electron chi connectivity index (χ2n) is 7.99. The first-order chi connectivity index (χ1) is 15.0. The summed E-state index contributed by atoms with van der Waals surface area (Å²) in [7, 11) is 0. The van der Waals surface area contributed by atoms with Crippen LogP contribution in [0.3, 0.4) is 0 Å². The highest BCUT2D eigenvalue weighted by Crippen LogP contribution is 2.34. The summed E-state index contributed by atoms with van der Waals surface area (Å²) in [4.78, 5) is 42.1. The molecule has 0 radical (unpaired) electrons. The van der Waals surface area contributed by atoms with Crippen LogP contribution in [0.1, 0.15) is 36.0 Å². The second-order valence-corrected chi connectivity index (χ2v) is 7.99. The number of carbonyl (C=O) groups is 2. The monoisotopic (exact) mass is 422 g/mol. The minimum absolute atomic E-state index is 0.0451. The van der Waals surface area contributed by atoms with Gasteiger partial charge in [0.1, 0.15) is 6.54 Å². The smallest absolute Gasteiger partial charge is 0.269 e. The lowest BCUT2D eigenvalue weighted by Gasteiger charge is -2.36. The maximum atomic E-state index is 13.1. The number of likely N-dealkylation sites (tertiary alicyclic amines) is 1. The first-order valence-corrected chi connectivity index (χ1v) is 10.7. The Balaban J connectivity index is 1.50. The normalized spacial score (nSPS) is 16.8. The molecule has 0 N–H and O–H groups in total. The van der Waals surface area contributed by atoms with Gasteiger partial charge in [-0.3, -0.25) is 24.6 Å². The fraction of sp³-hybridized carbons (Fsp3) is 0.391. The number of para-hydroxylation sites is 2. The van der Waals surface area contributed by atoms with E-state index < -0.39 is 4.92 Å². The van der Waals surface area contributed by atoms with Crippen molar-refractivity contribution in [1.29, 1.82) is 0 Å². The van der Waals surface area contributed by atoms with Crippen LogP contribution in [0.15, 0.2) is 48.5 Å². The zero-order valence-electron chi connectivity index (χ0n) is 17.4. The van der Waals surface area contributed by atoms with Crippen molar-refractivity contribution < 1.29 is 14.5 Å². The number of piperidine rings is 1. The number of nitro groups is 1. The summed E-state index contributed by atoms with van der Waals surface area (Å²) in [6, 6.07) is 12.9. The lowest BCUT2D eigenvalue weighted by Crippen LogP contribution is -2.49. The Labute approximate surface area is 181 Å². The fourth-order valence-corrected chi connectivity index (χ4v) is 4.30. The van der Waals surface area contributed by atoms with Crippen molar-refractivity contribution in [1.82, 2.24) is 4.90 Å². The Morgan fingerprint density at radius 2 is 1.61 bits per heavy atom. The van der Waals surface area contributed by atoms with E-state index in [0.29, 0.717) is 17.8 Å². The molecule has 162 valence electrons. The van der Waals surface area contributed by atoms with Gasteiger partial charge in [-0.05, 0) is 63.2 Å². The van der Waals surface area contributed by atoms with Gasteiger partial charge in [0.25, 0.3) is 11.6 Å². The average Bonchev–Trinajstić information content (AvgIpc) is 2.80. The quantitative estimate of drug-likeness (QED) is 0.526. The van der Waals surface area contributed by atoms with Crippen molar-refractivity contribution in [2.24, 2.45) is 0 Å². The van der Waals surface area contributed by atoms with Crippen LogP contribution in [0.5, 0.6) is 0 Å². The number of non-ortho nitro benzene ring substituents is 1. The molecule has 2 heterocycles. The van der Waals surface area contributed by atoms with E-state index in [0.717, 1.165) is 31.7 Å². The van der Waals surface area contributed by atoms with E-state index in [1.807, 2.05) is 24.3 Å². The third kappa shape index (κ3) is 4.59. The van der Waals surface area contributed by atoms with Crippen molar-refractivity contribution in [3.8, 4) is 0 Å². The number of amides is 2. The lowest BCUT2D eigenvalue weighted by atomic mass is 10.1. The van der Waals surface area contributed by atoms with E-state index >= 15 is 0 Å². The second kappa shape index (κ2) is 9.26. The standard InChI is InChI=1S/C23H26N4O4/c28-22-17-26(23(29)18-9-11-19(12-10-18)27(30)31)21-8-3-2-7-20(21)25(22)16-6-15-24-13-4-1-5-14-24/h2-3,7-12H,1,4-6,13-17H2. The van der Waals surface area contributed by atoms with Gasteiger partial charge in [0.2, 0.25) is 5.91 Å². The number of nitro benzene ring substituents is 1. The number of anilines is 2. The van der Waals surface area contributed by atoms with Crippen LogP contribution in [0, 0.1) is 10.1 Å². The van der Waals surface area contributed by atoms with Crippen LogP contribution in [0.25, 0.3) is 0 Å². The molecule has 0 aromatic heterocycles. The maximum absolute atomic E-state index is 13.1. The van der Waals surface area contributed by atoms with Crippen molar-refractivity contribution in [2.45, 2.75) is 25.7 Å². The van der Waals surface area contributed by atoms with Gasteiger partial charge in [0.05, 0.1) is 16.3 Å². The van der Waals surface area contributed by atoms with Crippen molar-refractivity contribution in [2.75, 3.05) is 42.5 Å². The zero-order valence-corrected chi connectivity index (χ0v) is 17.4. The first kappa shape index (κ1) is 21.0. The number of carbonyl (C=O) groups excluding carboxylic acids is 2. The van der Waals surface area contributed by atoms with Gasteiger partial charge in [0, 0.05) is 24.2 Å². The molecule has 2 amide bonds. The third-order valence-electron chi connectivity index (χ3n) is 5.93. The van der Waals surface area contributed by atoms with Crippen LogP contribution in [-0.2, 0) is 4.79 Å². The van der Waals surface area contributed by atoms with E-state index in [1.54, 1.807) is 4.90 Å². The fourth-order valence-electron chi connectivity index (χ4n) is 4.30. The largest absolute Gasteiger partial charge is 0.309 e. The summed E-state index contributed by atoms with van der Waals surface area (Å²) in [5.41, 5.74) is 1.65. The van der Waals surface area contributed by atoms with Gasteiger partial charge < -0.3 is 9.80 Å². The van der Waals surface area contributed by atoms with Gasteiger partial charge >= 0.3 is 0 Å². The molecule has 0 aliphatic carbocycles. The highest BCUT2D eigenvalue weighted by atomic mass is 16.6. The summed E-state index contributed by atoms with van der Waals surface area (Å²) in [5, 5.41) is 10.9. The molecular weight excluding hydrogens is 396 g/mol. The number of benzene rings is 2. The van der Waals surface area contributed by atoms with Crippen LogP contribution in [-0.4, -0.2) is 54.4 Å². The highest BCUT2D eigenvalue weighted by Gasteiger charge is 2.32. The molecule has 2 aromatic carbocycles. The van der Waals surface area contributed by atoms with E-state index in [9.17, 15) is 19.7 Å². The Bertz CT molecular complexity index is 970. The van der Waals surface area contributed by atoms with E-state index in [-0.39, 0.29) is 24.0 Å². The van der Waals surface area contributed by atoms with E-state index in [4.69, 9.17) is 0 Å². The Kier molecular flexibility index (Phi) is 6.27. The van der Waals surface area contributed by atoms with Gasteiger partial charge in [-0.2, -0.15) is 0 Å². The first-order valence-electron chi connectivity index (χ1n) is 10.7. The number of nitrogens with zero attached hydrogens (tertiary/aromatic N) is 4. The van der Waals surface area contributed by atoms with E-state index in [1.165, 1.54) is 48.4 Å². The molecule has 0 bridgehead atoms. The predicted octanol–water partition coefficient (Wildman–Crippen LogP) is 3.46. The molecular formula is C23H26N4O4. The van der Waals surface area contributed by atoms with Crippen LogP contribution < -0.4 is 9.80 Å². The van der Waals surface area contributed by atoms with Gasteiger partial charge in [0.15, 0.2) is 0 Å². The summed E-state index contributed by atoms with van der Waals surface area (Å²) in [5.74, 6) is -0.462. The molecule has 1 saturated heterocycles. The van der Waals surface area contributed by atoms with Crippen LogP contribution >= 0.6 is 0 Å². The zero-order chi connectivity index (χ0) is 21.8. The van der Waals surface area contributed by atoms with Gasteiger partial charge in [-0.1, -0.05) is 18.6 Å². The van der Waals surface area contributed by atoms with Crippen molar-refractivity contribution in [3.05, 3.63) is 64.2 Å². The molecule has 1 fully saturated rings. The molecule has 2 aliphatic heterocycles. The molecule has 31 heavy (non-hydrogen) atoms. The minimum atomic E-state index is -0.504. The Hall–Kier alpha value is -3.26. The third-order valence-corrected chi connectivity index (χ3v) is 5.93. The topological polar surface area (TPSA) is 87.0 Å². The van der Waals surface area contributed by atoms with Gasteiger partial charge in [-0.15, -0.1) is 0 Å². The highest BCUT2D eigenvalue weighted by molar-refractivity contribution is 6.15. The van der Waals surface area contributed by atoms with E-state index in [2.05, 4.69) is 4.90 Å². The molecule has 8 nitrogen and oxygen atoms in total. The molecule has 2 aliphatic rings. The number of hydrogen-bond acceptors (Lipinski definition) is 5. The average molecular weight is 422 g/mol. The SMILES string of the molecule is O=C1CN(C(=O)c2ccc([N+](=O)[O-])cc2)c2ccccc2N1CCCN1CCCCC1. The summed E-state index contributed by atoms with van der Waals surface area (Å²) in [6.07, 6.45) is 4.67. The summed E-state index contributed by atoms with van der Waals surface area (Å²) in [6.45, 7) is 3.80. The molecule has 0 spiro atoms. The molecule has 2 aromatic rings. The Morgan fingerprint density at radius 1 is 0.935 bits per heavy atom. The lowest BCUT2D eigenvalue weighted by molar-refractivity contribution is -0.384. The molecule has 8 heteroatoms. The molecule has 0 unspecified atom stereocenters. The van der Waals surface area contributed by atoms with Crippen LogP contribution in [0.4, 0.5) is 17.1 Å². The maximum Gasteiger partial charge on any atom is 0.269 e. The molecule has 0 atom stereocenters. The molecule has 4 rings (SSSR count). The number of hydrogen-bond donors (Lipinski definition) is 0. The van der Waals surface area contributed by atoms with Gasteiger partial charge in [-0.25, -0.2) is 0 Å². The Morgan fingerprint density at radius 3 is 2.29 bits per heavy atom. The van der Waals surface area contributed by atoms with Crippen LogP contribution in [0.2, 0.25) is 0 Å². The van der Waals surface area contributed by atoms with Crippen molar-refractivity contribution in [3.63, 3.8) is 0 Å². The predicted molar refractivity (Wildman–Crippen MR) is 118 cm³/mol. The number of rotatable bonds is 6. The molecule has 0 saturated carbocycles. The minimum Gasteiger partial charge on any atom is -0.309 e. The van der Waals surface area contributed by atoms with Crippen molar-refractivity contribution >= 4 is 28.9 Å². The number of fused-ring (bicyclic) bond motifs is 1. The summed E-state index contributed by atoms with van der Waals surface area (Å²) < 4.78 is 0. The summed E-state index contributed by atoms with van der Waals surface area (Å²) >= 11 is 0.